The van der Waals surface area contributed by atoms with Crippen LogP contribution in [0, 0.1) is 0 Å². The van der Waals surface area contributed by atoms with E-state index in [2.05, 4.69) is 0 Å². The maximum absolute atomic E-state index is 12.7. The van der Waals surface area contributed by atoms with Crippen LogP contribution in [0.15, 0.2) is 0 Å². The molecule has 3 nitrogen and oxygen atoms in total. The highest BCUT2D eigenvalue weighted by molar-refractivity contribution is 5.01. The molecule has 1 aliphatic heterocycles. The lowest BCUT2D eigenvalue weighted by Crippen LogP contribution is -2.53. The predicted molar refractivity (Wildman–Crippen MR) is 60.1 cm³/mol. The van der Waals surface area contributed by atoms with E-state index in [0.717, 1.165) is 38.5 Å². The summed E-state index contributed by atoms with van der Waals surface area (Å²) in [4.78, 5) is 0. The Morgan fingerprint density at radius 2 is 1.38 bits per heavy atom. The molecule has 0 N–H and O–H groups in total. The molecule has 2 saturated carbocycles. The maximum Gasteiger partial charge on any atom is 0.147 e. The zero-order valence-electron chi connectivity index (χ0n) is 10.0. The molecular weight excluding hydrogens is 202 g/mol. The average Bonchev–Trinajstić information content (AvgIpc) is 2.59. The summed E-state index contributed by atoms with van der Waals surface area (Å²) in [6.45, 7) is 0.691. The lowest BCUT2D eigenvalue weighted by Gasteiger charge is -2.42. The number of hydroxylamine groups is 2. The van der Waals surface area contributed by atoms with Gasteiger partial charge in [-0.1, -0.05) is 25.7 Å². The molecular formula is C13H22NO2. The molecule has 2 aliphatic carbocycles. The van der Waals surface area contributed by atoms with Crippen molar-refractivity contribution in [1.82, 2.24) is 5.06 Å². The third-order valence-corrected chi connectivity index (χ3v) is 4.83. The van der Waals surface area contributed by atoms with Gasteiger partial charge in [0.25, 0.3) is 0 Å². The van der Waals surface area contributed by atoms with E-state index in [1.807, 2.05) is 0 Å². The van der Waals surface area contributed by atoms with Gasteiger partial charge in [-0.05, 0) is 38.5 Å². The summed E-state index contributed by atoms with van der Waals surface area (Å²) in [5.74, 6) is 0. The van der Waals surface area contributed by atoms with Gasteiger partial charge in [0, 0.05) is 0 Å². The van der Waals surface area contributed by atoms with Crippen molar-refractivity contribution >= 4 is 0 Å². The van der Waals surface area contributed by atoms with Crippen molar-refractivity contribution in [3.63, 3.8) is 0 Å². The van der Waals surface area contributed by atoms with Crippen LogP contribution >= 0.6 is 0 Å². The molecule has 3 rings (SSSR count). The Kier molecular flexibility index (Phi) is 2.73. The van der Waals surface area contributed by atoms with Gasteiger partial charge in [-0.2, -0.15) is 0 Å². The van der Waals surface area contributed by atoms with Crippen molar-refractivity contribution in [3.8, 4) is 0 Å². The first-order chi connectivity index (χ1) is 7.78. The molecule has 1 saturated heterocycles. The monoisotopic (exact) mass is 224 g/mol. The van der Waals surface area contributed by atoms with Crippen molar-refractivity contribution in [3.05, 3.63) is 0 Å². The zero-order chi connectivity index (χ0) is 11.1. The molecule has 2 spiro atoms. The van der Waals surface area contributed by atoms with Crippen LogP contribution in [-0.2, 0) is 9.94 Å². The number of hydrogen-bond donors (Lipinski definition) is 0. The smallest absolute Gasteiger partial charge is 0.147 e. The summed E-state index contributed by atoms with van der Waals surface area (Å²) in [5.41, 5.74) is -0.564. The third-order valence-electron chi connectivity index (χ3n) is 4.83. The van der Waals surface area contributed by atoms with E-state index >= 15 is 0 Å². The summed E-state index contributed by atoms with van der Waals surface area (Å²) >= 11 is 0. The van der Waals surface area contributed by atoms with Crippen LogP contribution in [0.25, 0.3) is 0 Å². The molecule has 3 heteroatoms. The molecule has 91 valence electrons. The van der Waals surface area contributed by atoms with Crippen LogP contribution in [-0.4, -0.2) is 22.9 Å². The minimum absolute atomic E-state index is 0.143. The average molecular weight is 224 g/mol. The van der Waals surface area contributed by atoms with Gasteiger partial charge in [-0.3, -0.25) is 0 Å². The molecule has 3 fully saturated rings. The van der Waals surface area contributed by atoms with Crippen molar-refractivity contribution in [2.45, 2.75) is 75.5 Å². The van der Waals surface area contributed by atoms with E-state index in [4.69, 9.17) is 4.74 Å². The molecule has 0 aromatic heterocycles. The first-order valence-corrected chi connectivity index (χ1v) is 6.89. The molecule has 0 aromatic carbocycles. The number of nitrogens with zero attached hydrogens (tertiary/aromatic N) is 1. The second-order valence-corrected chi connectivity index (χ2v) is 5.87. The van der Waals surface area contributed by atoms with E-state index in [9.17, 15) is 5.21 Å². The SMILES string of the molecule is [O]N1C2(CCCCC2)COC12CCCCC2. The van der Waals surface area contributed by atoms with Crippen molar-refractivity contribution < 1.29 is 9.94 Å². The standard InChI is InChI=1S/C13H22NO2/c15-14-12(7-3-1-4-8-12)11-16-13(14)9-5-2-6-10-13/h1-11H2. The third kappa shape index (κ3) is 1.52. The van der Waals surface area contributed by atoms with Gasteiger partial charge in [0.15, 0.2) is 0 Å². The van der Waals surface area contributed by atoms with Gasteiger partial charge in [0.2, 0.25) is 0 Å². The fraction of sp³-hybridized carbons (Fsp3) is 1.00. The Morgan fingerprint density at radius 3 is 2.00 bits per heavy atom. The molecule has 3 aliphatic rings. The zero-order valence-corrected chi connectivity index (χ0v) is 10.0. The fourth-order valence-electron chi connectivity index (χ4n) is 3.83. The number of rotatable bonds is 0. The molecule has 0 atom stereocenters. The summed E-state index contributed by atoms with van der Waals surface area (Å²) in [7, 11) is 0. The Balaban J connectivity index is 1.79. The van der Waals surface area contributed by atoms with Crippen LogP contribution in [0.3, 0.4) is 0 Å². The minimum atomic E-state index is -0.421. The summed E-state index contributed by atoms with van der Waals surface area (Å²) in [6, 6.07) is 0. The highest BCUT2D eigenvalue weighted by Gasteiger charge is 2.57. The van der Waals surface area contributed by atoms with Gasteiger partial charge in [0.05, 0.1) is 12.1 Å². The van der Waals surface area contributed by atoms with Gasteiger partial charge < -0.3 is 4.74 Å². The Morgan fingerprint density at radius 1 is 0.812 bits per heavy atom. The summed E-state index contributed by atoms with van der Waals surface area (Å²) in [5, 5.41) is 14.1. The predicted octanol–water partition coefficient (Wildman–Crippen LogP) is 3.03. The minimum Gasteiger partial charge on any atom is -0.356 e. The molecule has 0 unspecified atom stereocenters. The number of hydrogen-bond acceptors (Lipinski definition) is 2. The summed E-state index contributed by atoms with van der Waals surface area (Å²) < 4.78 is 6.00. The van der Waals surface area contributed by atoms with Crippen LogP contribution in [0.2, 0.25) is 0 Å². The number of ether oxygens (including phenoxy) is 1. The van der Waals surface area contributed by atoms with E-state index in [1.54, 1.807) is 0 Å². The molecule has 0 aromatic rings. The normalized spacial score (nSPS) is 33.6. The fourth-order valence-corrected chi connectivity index (χ4v) is 3.83. The Hall–Kier alpha value is -0.120. The Labute approximate surface area is 97.7 Å². The lowest BCUT2D eigenvalue weighted by atomic mass is 9.81. The van der Waals surface area contributed by atoms with E-state index < -0.39 is 5.72 Å². The van der Waals surface area contributed by atoms with Crippen LogP contribution in [0.1, 0.15) is 64.2 Å². The molecule has 16 heavy (non-hydrogen) atoms. The van der Waals surface area contributed by atoms with Gasteiger partial charge in [-0.25, -0.2) is 0 Å². The first kappa shape index (κ1) is 11.0. The quantitative estimate of drug-likeness (QED) is 0.633. The maximum atomic E-state index is 12.7. The Bertz CT molecular complexity index is 229. The van der Waals surface area contributed by atoms with Crippen molar-refractivity contribution in [2.75, 3.05) is 6.61 Å². The second kappa shape index (κ2) is 3.97. The van der Waals surface area contributed by atoms with E-state index in [-0.39, 0.29) is 5.54 Å². The van der Waals surface area contributed by atoms with Crippen LogP contribution in [0.4, 0.5) is 0 Å². The molecule has 1 heterocycles. The van der Waals surface area contributed by atoms with E-state index in [1.165, 1.54) is 30.7 Å². The first-order valence-electron chi connectivity index (χ1n) is 6.89. The van der Waals surface area contributed by atoms with Gasteiger partial charge in [-0.15, -0.1) is 10.3 Å². The molecule has 0 bridgehead atoms. The highest BCUT2D eigenvalue weighted by atomic mass is 16.6. The topological polar surface area (TPSA) is 32.4 Å². The van der Waals surface area contributed by atoms with Gasteiger partial charge >= 0.3 is 0 Å². The van der Waals surface area contributed by atoms with E-state index in [0.29, 0.717) is 6.61 Å². The molecule has 1 radical (unpaired) electrons. The van der Waals surface area contributed by atoms with Crippen molar-refractivity contribution in [1.29, 1.82) is 0 Å². The summed E-state index contributed by atoms with van der Waals surface area (Å²) in [6.07, 6.45) is 11.3. The second-order valence-electron chi connectivity index (χ2n) is 5.87. The van der Waals surface area contributed by atoms with Gasteiger partial charge in [0.1, 0.15) is 5.72 Å². The largest absolute Gasteiger partial charge is 0.356 e. The highest BCUT2D eigenvalue weighted by Crippen LogP contribution is 2.48. The lowest BCUT2D eigenvalue weighted by molar-refractivity contribution is -0.307. The van der Waals surface area contributed by atoms with Crippen LogP contribution in [0.5, 0.6) is 0 Å². The van der Waals surface area contributed by atoms with Crippen LogP contribution < -0.4 is 0 Å². The van der Waals surface area contributed by atoms with Crippen molar-refractivity contribution in [2.24, 2.45) is 0 Å². The molecule has 0 amide bonds.